The van der Waals surface area contributed by atoms with E-state index in [1.54, 1.807) is 0 Å². The third-order valence-electron chi connectivity index (χ3n) is 3.02. The molecule has 1 N–H and O–H groups in total. The van der Waals surface area contributed by atoms with E-state index in [0.717, 1.165) is 24.0 Å². The van der Waals surface area contributed by atoms with Crippen molar-refractivity contribution >= 4 is 12.4 Å². The highest BCUT2D eigenvalue weighted by Crippen LogP contribution is 2.45. The van der Waals surface area contributed by atoms with Crippen molar-refractivity contribution in [1.82, 2.24) is 5.32 Å². The summed E-state index contributed by atoms with van der Waals surface area (Å²) in [4.78, 5) is 0. The van der Waals surface area contributed by atoms with Gasteiger partial charge in [-0.1, -0.05) is 0 Å². The molecule has 2 bridgehead atoms. The number of nitrogens with one attached hydrogen (secondary N) is 1. The first-order chi connectivity index (χ1) is 6.25. The van der Waals surface area contributed by atoms with Crippen LogP contribution in [-0.4, -0.2) is 0 Å². The molecule has 0 aliphatic carbocycles. The Balaban J connectivity index is 0.000000750. The smallest absolute Gasteiger partial charge is 0.159 e. The van der Waals surface area contributed by atoms with Gasteiger partial charge >= 0.3 is 0 Å². The second-order valence-electron chi connectivity index (χ2n) is 3.74. The molecule has 2 unspecified atom stereocenters. The Morgan fingerprint density at radius 1 is 1.00 bits per heavy atom. The van der Waals surface area contributed by atoms with E-state index < -0.39 is 11.6 Å². The molecule has 3 rings (SSSR count). The lowest BCUT2D eigenvalue weighted by Gasteiger charge is -2.12. The van der Waals surface area contributed by atoms with E-state index in [4.69, 9.17) is 0 Å². The predicted octanol–water partition coefficient (Wildman–Crippen LogP) is 2.87. The topological polar surface area (TPSA) is 12.0 Å². The Morgan fingerprint density at radius 2 is 1.43 bits per heavy atom. The van der Waals surface area contributed by atoms with Crippen molar-refractivity contribution in [3.05, 3.63) is 34.9 Å². The van der Waals surface area contributed by atoms with Gasteiger partial charge in [-0.05, 0) is 36.1 Å². The summed E-state index contributed by atoms with van der Waals surface area (Å²) in [5.41, 5.74) is 1.91. The third-order valence-corrected chi connectivity index (χ3v) is 3.02. The highest BCUT2D eigenvalue weighted by atomic mass is 35.5. The maximum absolute atomic E-state index is 12.9. The number of hydrogen-bond acceptors (Lipinski definition) is 1. The molecular formula is C10H10ClF2N. The lowest BCUT2D eigenvalue weighted by molar-refractivity contribution is 0.503. The largest absolute Gasteiger partial charge is 0.303 e. The number of fused-ring (bicyclic) bond motifs is 5. The van der Waals surface area contributed by atoms with Crippen LogP contribution in [0.2, 0.25) is 0 Å². The van der Waals surface area contributed by atoms with Crippen molar-refractivity contribution in [2.24, 2.45) is 0 Å². The summed E-state index contributed by atoms with van der Waals surface area (Å²) in [5, 5.41) is 3.31. The molecule has 1 fully saturated rings. The van der Waals surface area contributed by atoms with Crippen LogP contribution in [0.5, 0.6) is 0 Å². The average molecular weight is 218 g/mol. The summed E-state index contributed by atoms with van der Waals surface area (Å²) in [6.45, 7) is 0. The fourth-order valence-electron chi connectivity index (χ4n) is 2.41. The minimum Gasteiger partial charge on any atom is -0.303 e. The van der Waals surface area contributed by atoms with Crippen LogP contribution in [0.4, 0.5) is 8.78 Å². The zero-order chi connectivity index (χ0) is 9.00. The molecule has 2 aliphatic rings. The van der Waals surface area contributed by atoms with Gasteiger partial charge in [-0.25, -0.2) is 8.78 Å². The van der Waals surface area contributed by atoms with Crippen LogP contribution in [0.3, 0.4) is 0 Å². The SMILES string of the molecule is Cl.Fc1cc2c(cc1F)C1CCC2N1. The van der Waals surface area contributed by atoms with Crippen LogP contribution < -0.4 is 5.32 Å². The Kier molecular flexibility index (Phi) is 2.24. The van der Waals surface area contributed by atoms with Gasteiger partial charge in [0.1, 0.15) is 0 Å². The Labute approximate surface area is 86.9 Å². The van der Waals surface area contributed by atoms with Gasteiger partial charge in [0.25, 0.3) is 0 Å². The molecule has 0 radical (unpaired) electrons. The molecule has 14 heavy (non-hydrogen) atoms. The van der Waals surface area contributed by atoms with Crippen LogP contribution in [0.25, 0.3) is 0 Å². The molecule has 76 valence electrons. The first-order valence-corrected chi connectivity index (χ1v) is 4.50. The van der Waals surface area contributed by atoms with Gasteiger partial charge < -0.3 is 5.32 Å². The van der Waals surface area contributed by atoms with E-state index >= 15 is 0 Å². The van der Waals surface area contributed by atoms with Gasteiger partial charge in [0, 0.05) is 12.1 Å². The molecule has 2 atom stereocenters. The molecule has 0 spiro atoms. The molecular weight excluding hydrogens is 208 g/mol. The van der Waals surface area contributed by atoms with Gasteiger partial charge in [-0.3, -0.25) is 0 Å². The molecule has 0 aromatic heterocycles. The van der Waals surface area contributed by atoms with E-state index in [1.807, 2.05) is 0 Å². The van der Waals surface area contributed by atoms with Crippen molar-refractivity contribution < 1.29 is 8.78 Å². The molecule has 1 saturated heterocycles. The molecule has 2 aliphatic heterocycles. The first kappa shape index (κ1) is 9.87. The summed E-state index contributed by atoms with van der Waals surface area (Å²) in [5.74, 6) is -1.46. The fourth-order valence-corrected chi connectivity index (χ4v) is 2.41. The monoisotopic (exact) mass is 217 g/mol. The van der Waals surface area contributed by atoms with Crippen LogP contribution in [0, 0.1) is 11.6 Å². The van der Waals surface area contributed by atoms with Crippen LogP contribution in [0.1, 0.15) is 36.1 Å². The second-order valence-corrected chi connectivity index (χ2v) is 3.74. The van der Waals surface area contributed by atoms with Gasteiger partial charge in [-0.15, -0.1) is 12.4 Å². The van der Waals surface area contributed by atoms with E-state index in [-0.39, 0.29) is 24.5 Å². The molecule has 2 heterocycles. The number of rotatable bonds is 0. The zero-order valence-electron chi connectivity index (χ0n) is 7.39. The van der Waals surface area contributed by atoms with E-state index in [1.165, 1.54) is 12.1 Å². The molecule has 1 nitrogen and oxygen atoms in total. The van der Waals surface area contributed by atoms with Gasteiger partial charge in [-0.2, -0.15) is 0 Å². The normalized spacial score (nSPS) is 27.3. The molecule has 4 heteroatoms. The Morgan fingerprint density at radius 3 is 1.86 bits per heavy atom. The fraction of sp³-hybridized carbons (Fsp3) is 0.400. The molecule has 1 aromatic carbocycles. The quantitative estimate of drug-likeness (QED) is 0.705. The average Bonchev–Trinajstić information content (AvgIpc) is 2.67. The van der Waals surface area contributed by atoms with Gasteiger partial charge in [0.15, 0.2) is 11.6 Å². The number of halogens is 3. The van der Waals surface area contributed by atoms with E-state index in [9.17, 15) is 8.78 Å². The predicted molar refractivity (Wildman–Crippen MR) is 51.5 cm³/mol. The highest BCUT2D eigenvalue weighted by molar-refractivity contribution is 5.85. The summed E-state index contributed by atoms with van der Waals surface area (Å²) < 4.78 is 25.8. The standard InChI is InChI=1S/C10H9F2N.ClH/c11-7-3-5-6(4-8(7)12)10-2-1-9(5)13-10;/h3-4,9-10,13H,1-2H2;1H. The summed E-state index contributed by atoms with van der Waals surface area (Å²) in [6, 6.07) is 3.19. The van der Waals surface area contributed by atoms with Crippen LogP contribution in [-0.2, 0) is 0 Å². The third kappa shape index (κ3) is 1.16. The number of benzene rings is 1. The lowest BCUT2D eigenvalue weighted by atomic mass is 9.92. The Hall–Kier alpha value is -0.670. The van der Waals surface area contributed by atoms with E-state index in [2.05, 4.69) is 5.32 Å². The second kappa shape index (κ2) is 3.17. The van der Waals surface area contributed by atoms with Crippen molar-refractivity contribution in [2.75, 3.05) is 0 Å². The van der Waals surface area contributed by atoms with Crippen molar-refractivity contribution in [2.45, 2.75) is 24.9 Å². The van der Waals surface area contributed by atoms with Crippen LogP contribution >= 0.6 is 12.4 Å². The number of hydrogen-bond donors (Lipinski definition) is 1. The van der Waals surface area contributed by atoms with Crippen molar-refractivity contribution in [3.8, 4) is 0 Å². The maximum Gasteiger partial charge on any atom is 0.159 e. The summed E-state index contributed by atoms with van der Waals surface area (Å²) in [7, 11) is 0. The van der Waals surface area contributed by atoms with Gasteiger partial charge in [0.05, 0.1) is 0 Å². The molecule has 0 amide bonds. The van der Waals surface area contributed by atoms with Gasteiger partial charge in [0.2, 0.25) is 0 Å². The molecule has 1 aromatic rings. The maximum atomic E-state index is 12.9. The summed E-state index contributed by atoms with van der Waals surface area (Å²) in [6.07, 6.45) is 2.09. The first-order valence-electron chi connectivity index (χ1n) is 4.50. The summed E-state index contributed by atoms with van der Waals surface area (Å²) >= 11 is 0. The zero-order valence-corrected chi connectivity index (χ0v) is 8.20. The van der Waals surface area contributed by atoms with Crippen LogP contribution in [0.15, 0.2) is 12.1 Å². The van der Waals surface area contributed by atoms with Crippen molar-refractivity contribution in [1.29, 1.82) is 0 Å². The highest BCUT2D eigenvalue weighted by Gasteiger charge is 2.36. The Bertz CT molecular complexity index is 346. The minimum atomic E-state index is -0.729. The van der Waals surface area contributed by atoms with E-state index in [0.29, 0.717) is 0 Å². The minimum absolute atomic E-state index is 0. The van der Waals surface area contributed by atoms with Crippen molar-refractivity contribution in [3.63, 3.8) is 0 Å². The molecule has 0 saturated carbocycles. The lowest BCUT2D eigenvalue weighted by Crippen LogP contribution is -2.05.